The van der Waals surface area contributed by atoms with E-state index in [0.29, 0.717) is 29.5 Å². The van der Waals surface area contributed by atoms with Gasteiger partial charge in [0, 0.05) is 31.1 Å². The number of urea groups is 1. The zero-order valence-corrected chi connectivity index (χ0v) is 18.5. The maximum Gasteiger partial charge on any atom is 0.323 e. The van der Waals surface area contributed by atoms with Crippen molar-refractivity contribution in [1.82, 2.24) is 20.7 Å². The third-order valence-corrected chi connectivity index (χ3v) is 6.33. The summed E-state index contributed by atoms with van der Waals surface area (Å²) in [6, 6.07) is 3.19. The van der Waals surface area contributed by atoms with Gasteiger partial charge in [0.15, 0.2) is 0 Å². The predicted molar refractivity (Wildman–Crippen MR) is 117 cm³/mol. The number of halogens is 2. The highest BCUT2D eigenvalue weighted by atomic mass is 19.1. The van der Waals surface area contributed by atoms with Crippen LogP contribution in [0.1, 0.15) is 38.7 Å². The summed E-state index contributed by atoms with van der Waals surface area (Å²) in [6.45, 7) is 4.94. The number of rotatable bonds is 3. The molecule has 10 heteroatoms. The Morgan fingerprint density at radius 1 is 1.12 bits per heavy atom. The van der Waals surface area contributed by atoms with E-state index in [1.165, 1.54) is 36.2 Å². The molecular formula is C23H25F2N5O3. The van der Waals surface area contributed by atoms with Crippen LogP contribution in [0.3, 0.4) is 0 Å². The number of benzene rings is 1. The fourth-order valence-corrected chi connectivity index (χ4v) is 5.04. The topological polar surface area (TPSA) is 103 Å². The van der Waals surface area contributed by atoms with Crippen molar-refractivity contribution in [3.05, 3.63) is 47.8 Å². The molecular weight excluding hydrogens is 432 g/mol. The van der Waals surface area contributed by atoms with Crippen molar-refractivity contribution in [2.45, 2.75) is 51.6 Å². The van der Waals surface area contributed by atoms with Crippen LogP contribution in [-0.4, -0.2) is 39.3 Å². The molecule has 1 aromatic heterocycles. The van der Waals surface area contributed by atoms with E-state index in [1.54, 1.807) is 6.92 Å². The third-order valence-electron chi connectivity index (χ3n) is 6.33. The van der Waals surface area contributed by atoms with Crippen molar-refractivity contribution in [2.75, 3.05) is 5.32 Å². The Kier molecular flexibility index (Phi) is 5.77. The van der Waals surface area contributed by atoms with Crippen LogP contribution in [-0.2, 0) is 9.59 Å². The monoisotopic (exact) mass is 457 g/mol. The second kappa shape index (κ2) is 8.42. The molecule has 33 heavy (non-hydrogen) atoms. The molecule has 1 aromatic carbocycles. The number of likely N-dealkylation sites (tertiary alicyclic amines) is 1. The highest BCUT2D eigenvalue weighted by Gasteiger charge is 2.62. The van der Waals surface area contributed by atoms with Gasteiger partial charge < -0.3 is 10.2 Å². The standard InChI is InChI=1S/C23H25F2N5O3/c1-12-4-17-9-23(8-12,21(32)29-28-14(3)31)30(17)22(33)27-20-7-18(13(2)5-19(20)25)15-6-16(24)11-26-10-15/h5-7,10-12,17H,4,8-9H2,1-3H3,(H,27,33)(H,28,31)(H,29,32). The van der Waals surface area contributed by atoms with E-state index in [4.69, 9.17) is 0 Å². The summed E-state index contributed by atoms with van der Waals surface area (Å²) in [4.78, 5) is 42.6. The average molecular weight is 457 g/mol. The van der Waals surface area contributed by atoms with E-state index in [1.807, 2.05) is 6.92 Å². The molecule has 1 aliphatic heterocycles. The van der Waals surface area contributed by atoms with Crippen LogP contribution >= 0.6 is 0 Å². The first kappa shape index (κ1) is 22.6. The van der Waals surface area contributed by atoms with E-state index in [9.17, 15) is 23.2 Å². The maximum absolute atomic E-state index is 14.7. The van der Waals surface area contributed by atoms with Crippen molar-refractivity contribution in [2.24, 2.45) is 5.92 Å². The lowest BCUT2D eigenvalue weighted by atomic mass is 9.64. The molecule has 2 aromatic rings. The zero-order chi connectivity index (χ0) is 23.9. The molecule has 2 aliphatic rings. The number of anilines is 1. The fourth-order valence-electron chi connectivity index (χ4n) is 5.04. The molecule has 2 bridgehead atoms. The van der Waals surface area contributed by atoms with Gasteiger partial charge in [-0.05, 0) is 55.0 Å². The number of aryl methyl sites for hydroxylation is 1. The average Bonchev–Trinajstić information content (AvgIpc) is 2.73. The number of carbonyl (C=O) groups is 3. The van der Waals surface area contributed by atoms with Gasteiger partial charge in [-0.3, -0.25) is 25.4 Å². The highest BCUT2D eigenvalue weighted by Crippen LogP contribution is 2.50. The molecule has 3 unspecified atom stereocenters. The smallest absolute Gasteiger partial charge is 0.307 e. The lowest BCUT2D eigenvalue weighted by Gasteiger charge is -2.61. The Morgan fingerprint density at radius 2 is 1.88 bits per heavy atom. The van der Waals surface area contributed by atoms with E-state index >= 15 is 0 Å². The number of pyridine rings is 1. The van der Waals surface area contributed by atoms with Gasteiger partial charge in [0.1, 0.15) is 17.2 Å². The summed E-state index contributed by atoms with van der Waals surface area (Å²) in [7, 11) is 0. The molecule has 0 radical (unpaired) electrons. The molecule has 1 saturated heterocycles. The third kappa shape index (κ3) is 4.12. The molecule has 0 spiro atoms. The second-order valence-electron chi connectivity index (χ2n) is 8.91. The number of hydrogen-bond acceptors (Lipinski definition) is 4. The van der Waals surface area contributed by atoms with Crippen molar-refractivity contribution in [3.63, 3.8) is 0 Å². The quantitative estimate of drug-likeness (QED) is 0.616. The van der Waals surface area contributed by atoms with E-state index in [0.717, 1.165) is 12.6 Å². The number of piperidine rings is 1. The maximum atomic E-state index is 14.7. The van der Waals surface area contributed by atoms with Crippen molar-refractivity contribution < 1.29 is 23.2 Å². The number of amides is 4. The largest absolute Gasteiger partial charge is 0.323 e. The molecule has 3 N–H and O–H groups in total. The summed E-state index contributed by atoms with van der Waals surface area (Å²) < 4.78 is 28.4. The summed E-state index contributed by atoms with van der Waals surface area (Å²) in [5, 5.41) is 2.58. The van der Waals surface area contributed by atoms with Gasteiger partial charge in [0.05, 0.1) is 11.9 Å². The summed E-state index contributed by atoms with van der Waals surface area (Å²) in [5.41, 5.74) is 4.97. The van der Waals surface area contributed by atoms with Crippen LogP contribution in [0.5, 0.6) is 0 Å². The minimum absolute atomic E-state index is 0.0831. The predicted octanol–water partition coefficient (Wildman–Crippen LogP) is 3.28. The van der Waals surface area contributed by atoms with Gasteiger partial charge in [-0.15, -0.1) is 0 Å². The van der Waals surface area contributed by atoms with Gasteiger partial charge in [-0.1, -0.05) is 6.92 Å². The Bertz CT molecular complexity index is 1140. The van der Waals surface area contributed by atoms with E-state index in [-0.39, 0.29) is 17.6 Å². The first-order valence-corrected chi connectivity index (χ1v) is 10.7. The van der Waals surface area contributed by atoms with Gasteiger partial charge in [0.2, 0.25) is 5.91 Å². The molecule has 8 nitrogen and oxygen atoms in total. The van der Waals surface area contributed by atoms with Crippen LogP contribution < -0.4 is 16.2 Å². The Balaban J connectivity index is 1.60. The van der Waals surface area contributed by atoms with Gasteiger partial charge >= 0.3 is 6.03 Å². The SMILES string of the molecule is CC(=O)NNC(=O)C12CC(C)CC(C1)N2C(=O)Nc1cc(-c2cncc(F)c2)c(C)cc1F. The minimum Gasteiger partial charge on any atom is -0.307 e. The Morgan fingerprint density at radius 3 is 2.58 bits per heavy atom. The normalized spacial score (nSPS) is 23.4. The Hall–Kier alpha value is -3.56. The first-order valence-electron chi connectivity index (χ1n) is 10.7. The van der Waals surface area contributed by atoms with Crippen LogP contribution in [0.15, 0.2) is 30.6 Å². The van der Waals surface area contributed by atoms with Gasteiger partial charge in [0.25, 0.3) is 5.91 Å². The summed E-state index contributed by atoms with van der Waals surface area (Å²) >= 11 is 0. The van der Waals surface area contributed by atoms with Crippen molar-refractivity contribution >= 4 is 23.5 Å². The van der Waals surface area contributed by atoms with Gasteiger partial charge in [-0.25, -0.2) is 13.6 Å². The Labute approximate surface area is 189 Å². The summed E-state index contributed by atoms with van der Waals surface area (Å²) in [6.07, 6.45) is 4.14. The zero-order valence-electron chi connectivity index (χ0n) is 18.5. The van der Waals surface area contributed by atoms with Crippen molar-refractivity contribution in [1.29, 1.82) is 0 Å². The number of fused-ring (bicyclic) bond motifs is 2. The lowest BCUT2D eigenvalue weighted by Crippen LogP contribution is -2.78. The first-order chi connectivity index (χ1) is 15.6. The molecule has 4 rings (SSSR count). The van der Waals surface area contributed by atoms with Crippen LogP contribution in [0, 0.1) is 24.5 Å². The second-order valence-corrected chi connectivity index (χ2v) is 8.91. The number of nitrogens with one attached hydrogen (secondary N) is 3. The molecule has 1 saturated carbocycles. The molecule has 4 amide bonds. The van der Waals surface area contributed by atoms with Gasteiger partial charge in [-0.2, -0.15) is 0 Å². The highest BCUT2D eigenvalue weighted by molar-refractivity contribution is 5.99. The number of carbonyl (C=O) groups excluding carboxylic acids is 3. The summed E-state index contributed by atoms with van der Waals surface area (Å²) in [5.74, 6) is -1.89. The number of hydrogen-bond donors (Lipinski definition) is 3. The number of hydrazine groups is 1. The molecule has 174 valence electrons. The minimum atomic E-state index is -1.12. The lowest BCUT2D eigenvalue weighted by molar-refractivity contribution is -0.157. The van der Waals surface area contributed by atoms with E-state index in [2.05, 4.69) is 21.2 Å². The number of aromatic nitrogens is 1. The number of nitrogens with zero attached hydrogens (tertiary/aromatic N) is 2. The van der Waals surface area contributed by atoms with Crippen LogP contribution in [0.25, 0.3) is 11.1 Å². The van der Waals surface area contributed by atoms with E-state index < -0.39 is 35.0 Å². The molecule has 2 fully saturated rings. The fraction of sp³-hybridized carbons (Fsp3) is 0.391. The molecule has 2 heterocycles. The van der Waals surface area contributed by atoms with Crippen molar-refractivity contribution in [3.8, 4) is 11.1 Å². The molecule has 1 aliphatic carbocycles. The van der Waals surface area contributed by atoms with Crippen LogP contribution in [0.2, 0.25) is 0 Å². The molecule has 3 atom stereocenters. The van der Waals surface area contributed by atoms with Crippen LogP contribution in [0.4, 0.5) is 19.3 Å².